The van der Waals surface area contributed by atoms with Crippen LogP contribution in [0.25, 0.3) is 0 Å². The van der Waals surface area contributed by atoms with Crippen molar-refractivity contribution in [3.8, 4) is 11.5 Å². The minimum absolute atomic E-state index is 0.216. The lowest BCUT2D eigenvalue weighted by Gasteiger charge is -2.25. The van der Waals surface area contributed by atoms with Crippen LogP contribution in [0.3, 0.4) is 0 Å². The molecule has 2 aliphatic rings. The van der Waals surface area contributed by atoms with Gasteiger partial charge in [-0.05, 0) is 37.0 Å². The van der Waals surface area contributed by atoms with Gasteiger partial charge in [-0.25, -0.2) is 0 Å². The van der Waals surface area contributed by atoms with Crippen LogP contribution in [0.5, 0.6) is 11.5 Å². The molecule has 1 aromatic carbocycles. The smallest absolute Gasteiger partial charge is 0.160 e. The van der Waals surface area contributed by atoms with Crippen LogP contribution in [0.15, 0.2) is 18.2 Å². The predicted octanol–water partition coefficient (Wildman–Crippen LogP) is 4.34. The van der Waals surface area contributed by atoms with Crippen LogP contribution in [-0.4, -0.2) is 38.6 Å². The summed E-state index contributed by atoms with van der Waals surface area (Å²) in [7, 11) is 1.59. The third-order valence-corrected chi connectivity index (χ3v) is 5.92. The number of aromatic hydroxyl groups is 1. The van der Waals surface area contributed by atoms with E-state index in [4.69, 9.17) is 14.2 Å². The zero-order chi connectivity index (χ0) is 17.5. The number of phenolic OH excluding ortho intramolecular Hbond substituents is 1. The number of ether oxygens (including phenoxy) is 3. The van der Waals surface area contributed by atoms with Crippen LogP contribution in [-0.2, 0) is 15.9 Å². The lowest BCUT2D eigenvalue weighted by atomic mass is 9.77. The van der Waals surface area contributed by atoms with Gasteiger partial charge >= 0.3 is 0 Å². The van der Waals surface area contributed by atoms with Crippen LogP contribution < -0.4 is 4.74 Å². The van der Waals surface area contributed by atoms with Gasteiger partial charge in [0.05, 0.1) is 33.5 Å². The molecule has 2 heterocycles. The highest BCUT2D eigenvalue weighted by atomic mass is 16.5. The highest BCUT2D eigenvalue weighted by Gasteiger charge is 2.47. The lowest BCUT2D eigenvalue weighted by molar-refractivity contribution is 0.0779. The van der Waals surface area contributed by atoms with Gasteiger partial charge in [0.1, 0.15) is 0 Å². The first-order valence-corrected chi connectivity index (χ1v) is 9.75. The van der Waals surface area contributed by atoms with E-state index in [0.29, 0.717) is 17.1 Å². The summed E-state index contributed by atoms with van der Waals surface area (Å²) >= 11 is 0. The van der Waals surface area contributed by atoms with Crippen LogP contribution in [0, 0.1) is 11.3 Å². The molecule has 2 fully saturated rings. The number of methoxy groups -OCH3 is 1. The van der Waals surface area contributed by atoms with Crippen LogP contribution >= 0.6 is 0 Å². The fourth-order valence-corrected chi connectivity index (χ4v) is 4.23. The van der Waals surface area contributed by atoms with E-state index in [9.17, 15) is 5.11 Å². The number of rotatable bonds is 10. The van der Waals surface area contributed by atoms with Crippen molar-refractivity contribution in [1.82, 2.24) is 0 Å². The first kappa shape index (κ1) is 18.5. The molecule has 0 bridgehead atoms. The van der Waals surface area contributed by atoms with Crippen molar-refractivity contribution in [3.63, 3.8) is 0 Å². The molecular weight excluding hydrogens is 316 g/mol. The predicted molar refractivity (Wildman–Crippen MR) is 98.2 cm³/mol. The number of benzene rings is 1. The Morgan fingerprint density at radius 2 is 1.72 bits per heavy atom. The number of hydrogen-bond acceptors (Lipinski definition) is 4. The van der Waals surface area contributed by atoms with Gasteiger partial charge in [0.15, 0.2) is 11.5 Å². The Hall–Kier alpha value is -1.26. The summed E-state index contributed by atoms with van der Waals surface area (Å²) in [5, 5.41) is 9.62. The fraction of sp³-hybridized carbons (Fsp3) is 0.714. The zero-order valence-electron chi connectivity index (χ0n) is 15.5. The lowest BCUT2D eigenvalue weighted by Crippen LogP contribution is -2.28. The first-order valence-electron chi connectivity index (χ1n) is 9.75. The third-order valence-electron chi connectivity index (χ3n) is 5.92. The summed E-state index contributed by atoms with van der Waals surface area (Å²) in [5.41, 5.74) is 1.58. The summed E-state index contributed by atoms with van der Waals surface area (Å²) in [6, 6.07) is 5.65. The molecule has 1 aromatic rings. The second-order valence-corrected chi connectivity index (χ2v) is 7.72. The Labute approximate surface area is 151 Å². The molecule has 1 N–H and O–H groups in total. The molecule has 0 saturated carbocycles. The normalized spacial score (nSPS) is 25.2. The molecule has 140 valence electrons. The molecule has 4 heteroatoms. The second kappa shape index (κ2) is 8.91. The van der Waals surface area contributed by atoms with Crippen molar-refractivity contribution < 1.29 is 19.3 Å². The van der Waals surface area contributed by atoms with E-state index in [0.717, 1.165) is 32.8 Å². The van der Waals surface area contributed by atoms with E-state index >= 15 is 0 Å². The topological polar surface area (TPSA) is 47.9 Å². The van der Waals surface area contributed by atoms with Gasteiger partial charge in [-0.1, -0.05) is 38.2 Å². The highest BCUT2D eigenvalue weighted by Crippen LogP contribution is 2.43. The maximum absolute atomic E-state index is 9.62. The summed E-state index contributed by atoms with van der Waals surface area (Å²) in [6.45, 7) is 3.63. The second-order valence-electron chi connectivity index (χ2n) is 7.72. The molecule has 0 radical (unpaired) electrons. The number of unbranched alkanes of at least 4 members (excludes halogenated alkanes) is 5. The van der Waals surface area contributed by atoms with E-state index in [1.165, 1.54) is 50.5 Å². The minimum Gasteiger partial charge on any atom is -0.504 e. The van der Waals surface area contributed by atoms with Gasteiger partial charge in [-0.2, -0.15) is 0 Å². The summed E-state index contributed by atoms with van der Waals surface area (Å²) < 4.78 is 16.5. The molecule has 0 amide bonds. The SMILES string of the molecule is COc1cc(CCCCCCCCC23COCC2COC3)ccc1O. The van der Waals surface area contributed by atoms with Crippen molar-refractivity contribution in [1.29, 1.82) is 0 Å². The van der Waals surface area contributed by atoms with E-state index < -0.39 is 0 Å². The van der Waals surface area contributed by atoms with Crippen LogP contribution in [0.4, 0.5) is 0 Å². The van der Waals surface area contributed by atoms with Crippen molar-refractivity contribution in [2.75, 3.05) is 33.5 Å². The number of aryl methyl sites for hydroxylation is 1. The quantitative estimate of drug-likeness (QED) is 0.639. The Morgan fingerprint density at radius 3 is 2.44 bits per heavy atom. The third kappa shape index (κ3) is 4.68. The molecular formula is C21H32O4. The molecule has 3 rings (SSSR count). The van der Waals surface area contributed by atoms with Crippen molar-refractivity contribution in [2.24, 2.45) is 11.3 Å². The average molecular weight is 348 g/mol. The highest BCUT2D eigenvalue weighted by molar-refractivity contribution is 5.41. The van der Waals surface area contributed by atoms with E-state index in [-0.39, 0.29) is 5.75 Å². The van der Waals surface area contributed by atoms with Gasteiger partial charge in [0.25, 0.3) is 0 Å². The van der Waals surface area contributed by atoms with E-state index in [2.05, 4.69) is 0 Å². The van der Waals surface area contributed by atoms with Gasteiger partial charge < -0.3 is 19.3 Å². The van der Waals surface area contributed by atoms with Gasteiger partial charge in [0.2, 0.25) is 0 Å². The molecule has 2 saturated heterocycles. The molecule has 2 aliphatic heterocycles. The maximum atomic E-state index is 9.62. The summed E-state index contributed by atoms with van der Waals surface area (Å²) in [5.74, 6) is 1.44. The van der Waals surface area contributed by atoms with Crippen molar-refractivity contribution >= 4 is 0 Å². The maximum Gasteiger partial charge on any atom is 0.160 e. The standard InChI is InChI=1S/C21H32O4/c1-23-20-12-17(9-10-19(20)22)8-6-4-2-3-5-7-11-21-15-24-13-18(21)14-25-16-21/h9-10,12,18,22H,2-8,11,13-16H2,1H3. The minimum atomic E-state index is 0.216. The molecule has 0 atom stereocenters. The summed E-state index contributed by atoms with van der Waals surface area (Å²) in [4.78, 5) is 0. The van der Waals surface area contributed by atoms with E-state index in [1.807, 2.05) is 12.1 Å². The number of hydrogen-bond donors (Lipinski definition) is 1. The molecule has 0 unspecified atom stereocenters. The number of phenols is 1. The fourth-order valence-electron chi connectivity index (χ4n) is 4.23. The zero-order valence-corrected chi connectivity index (χ0v) is 15.5. The number of fused-ring (bicyclic) bond motifs is 1. The van der Waals surface area contributed by atoms with Crippen LogP contribution in [0.2, 0.25) is 0 Å². The molecule has 0 spiro atoms. The Kier molecular flexibility index (Phi) is 6.60. The first-order chi connectivity index (χ1) is 12.2. The Morgan fingerprint density at radius 1 is 1.04 bits per heavy atom. The van der Waals surface area contributed by atoms with Crippen molar-refractivity contribution in [2.45, 2.75) is 51.4 Å². The molecule has 0 aliphatic carbocycles. The van der Waals surface area contributed by atoms with E-state index in [1.54, 1.807) is 13.2 Å². The van der Waals surface area contributed by atoms with Crippen molar-refractivity contribution in [3.05, 3.63) is 23.8 Å². The summed E-state index contributed by atoms with van der Waals surface area (Å²) in [6.07, 6.45) is 10.0. The monoisotopic (exact) mass is 348 g/mol. The average Bonchev–Trinajstić information content (AvgIpc) is 3.18. The largest absolute Gasteiger partial charge is 0.504 e. The van der Waals surface area contributed by atoms with Gasteiger partial charge in [-0.15, -0.1) is 0 Å². The molecule has 4 nitrogen and oxygen atoms in total. The van der Waals surface area contributed by atoms with Crippen LogP contribution in [0.1, 0.15) is 50.5 Å². The van der Waals surface area contributed by atoms with Gasteiger partial charge in [-0.3, -0.25) is 0 Å². The van der Waals surface area contributed by atoms with Gasteiger partial charge in [0, 0.05) is 11.3 Å². The Balaban J connectivity index is 1.25. The molecule has 0 aromatic heterocycles. The Bertz CT molecular complexity index is 533. The molecule has 25 heavy (non-hydrogen) atoms.